The summed E-state index contributed by atoms with van der Waals surface area (Å²) in [5.41, 5.74) is 3.76. The van der Waals surface area contributed by atoms with E-state index in [1.54, 1.807) is 0 Å². The normalized spacial score (nSPS) is 10.8. The topological polar surface area (TPSA) is 18.1 Å². The number of rotatable bonds is 1. The summed E-state index contributed by atoms with van der Waals surface area (Å²) in [6.07, 6.45) is 5.23. The van der Waals surface area contributed by atoms with E-state index in [0.29, 0.717) is 0 Å². The molecule has 0 saturated carbocycles. The Bertz CT molecular complexity index is 888. The number of hydrogen-bond donors (Lipinski definition) is 0. The van der Waals surface area contributed by atoms with Crippen molar-refractivity contribution < 1.29 is 24.5 Å². The Morgan fingerprint density at radius 2 is 1.90 bits per heavy atom. The molecule has 1 radical (unpaired) electrons. The number of hydrogen-bond acceptors (Lipinski definition) is 1. The van der Waals surface area contributed by atoms with Gasteiger partial charge in [-0.05, 0) is 6.07 Å². The summed E-state index contributed by atoms with van der Waals surface area (Å²) in [6, 6.07) is 17.3. The van der Waals surface area contributed by atoms with Crippen molar-refractivity contribution in [1.29, 1.82) is 0 Å². The minimum absolute atomic E-state index is 0. The quantitative estimate of drug-likeness (QED) is 0.407. The first-order valence-corrected chi connectivity index (χ1v) is 6.22. The maximum atomic E-state index is 5.98. The van der Waals surface area contributed by atoms with Crippen LogP contribution >= 0.6 is 0 Å². The van der Waals surface area contributed by atoms with E-state index in [2.05, 4.69) is 18.3 Å². The van der Waals surface area contributed by atoms with Gasteiger partial charge in [-0.2, -0.15) is 18.2 Å². The van der Waals surface area contributed by atoms with E-state index in [1.165, 1.54) is 0 Å². The molecule has 0 spiro atoms. The zero-order chi connectivity index (χ0) is 12.8. The molecule has 2 heterocycles. The van der Waals surface area contributed by atoms with Crippen molar-refractivity contribution in [2.75, 3.05) is 0 Å². The Labute approximate surface area is 130 Å². The molecule has 0 bridgehead atoms. The fourth-order valence-electron chi connectivity index (χ4n) is 2.44. The molecule has 0 saturated heterocycles. The largest absolute Gasteiger partial charge is 0.523 e. The molecule has 20 heavy (non-hydrogen) atoms. The van der Waals surface area contributed by atoms with Crippen LogP contribution in [0.5, 0.6) is 0 Å². The molecule has 2 aromatic carbocycles. The van der Waals surface area contributed by atoms with Crippen LogP contribution in [0.4, 0.5) is 0 Å². The van der Waals surface area contributed by atoms with Crippen LogP contribution in [-0.2, 0) is 20.1 Å². The predicted molar refractivity (Wildman–Crippen MR) is 75.5 cm³/mol. The van der Waals surface area contributed by atoms with Crippen molar-refractivity contribution in [1.82, 2.24) is 4.57 Å². The Morgan fingerprint density at radius 3 is 2.70 bits per heavy atom. The summed E-state index contributed by atoms with van der Waals surface area (Å²) in [4.78, 5) is 0. The van der Waals surface area contributed by atoms with Crippen molar-refractivity contribution in [2.24, 2.45) is 0 Å². The van der Waals surface area contributed by atoms with E-state index >= 15 is 0 Å². The van der Waals surface area contributed by atoms with Crippen molar-refractivity contribution in [3.63, 3.8) is 0 Å². The fourth-order valence-corrected chi connectivity index (χ4v) is 2.44. The molecule has 0 aliphatic heterocycles. The van der Waals surface area contributed by atoms with Crippen molar-refractivity contribution in [3.8, 4) is 5.69 Å². The zero-order valence-corrected chi connectivity index (χ0v) is 13.2. The average molecular weight is 437 g/mol. The number of aromatic nitrogens is 1. The van der Waals surface area contributed by atoms with Gasteiger partial charge in [0.25, 0.3) is 0 Å². The third-order valence-electron chi connectivity index (χ3n) is 3.33. The molecule has 0 atom stereocenters. The van der Waals surface area contributed by atoms with Crippen LogP contribution in [0.25, 0.3) is 27.6 Å². The van der Waals surface area contributed by atoms with Gasteiger partial charge in [-0.25, -0.2) is 6.07 Å². The van der Waals surface area contributed by atoms with E-state index in [0.717, 1.165) is 33.2 Å². The molecule has 101 valence electrons. The number of aryl methyl sites for hydroxylation is 1. The summed E-state index contributed by atoms with van der Waals surface area (Å²) in [5, 5.41) is 2.25. The van der Waals surface area contributed by atoms with Gasteiger partial charge in [-0.3, -0.25) is 0 Å². The minimum atomic E-state index is 0. The van der Waals surface area contributed by atoms with E-state index in [4.69, 9.17) is 4.42 Å². The molecule has 0 N–H and O–H groups in total. The van der Waals surface area contributed by atoms with Gasteiger partial charge in [0.2, 0.25) is 0 Å². The van der Waals surface area contributed by atoms with Crippen LogP contribution in [0.2, 0.25) is 0 Å². The van der Waals surface area contributed by atoms with Crippen LogP contribution < -0.4 is 0 Å². The number of para-hydroxylation sites is 1. The molecule has 2 nitrogen and oxygen atoms in total. The molecule has 0 aliphatic carbocycles. The van der Waals surface area contributed by atoms with Gasteiger partial charge < -0.3 is 8.98 Å². The summed E-state index contributed by atoms with van der Waals surface area (Å²) >= 11 is 0. The number of fused-ring (bicyclic) bond motifs is 3. The van der Waals surface area contributed by atoms with Crippen LogP contribution in [0.1, 0.15) is 5.56 Å². The summed E-state index contributed by atoms with van der Waals surface area (Å²) in [5.74, 6) is 0. The number of furan rings is 1. The average Bonchev–Trinajstić information content (AvgIpc) is 3.02. The van der Waals surface area contributed by atoms with Gasteiger partial charge >= 0.3 is 0 Å². The standard InChI is InChI=1S/C17H11NO.Ir/c1-12-9-10-18(11-12)15-7-4-6-14-13-5-2-3-8-16(13)19-17(14)15;/h2-6,8-10H,1H3;/q-2;. The molecular formula is C17H11IrNO-2. The first-order valence-electron chi connectivity index (χ1n) is 6.22. The molecule has 2 aromatic heterocycles. The Hall–Kier alpha value is -1.83. The first-order chi connectivity index (χ1) is 9.33. The third kappa shape index (κ3) is 1.91. The van der Waals surface area contributed by atoms with Gasteiger partial charge in [0.05, 0.1) is 0 Å². The van der Waals surface area contributed by atoms with Crippen LogP contribution in [0.3, 0.4) is 0 Å². The second kappa shape index (κ2) is 4.93. The summed E-state index contributed by atoms with van der Waals surface area (Å²) in [7, 11) is 0. The molecule has 0 amide bonds. The monoisotopic (exact) mass is 438 g/mol. The second-order valence-corrected chi connectivity index (χ2v) is 4.65. The predicted octanol–water partition coefficient (Wildman–Crippen LogP) is 4.28. The SMILES string of the molecule is Cc1[c-]n(-c2[c-]ccc3c2oc2ccccc23)cc1.[Ir]. The summed E-state index contributed by atoms with van der Waals surface area (Å²) in [6.45, 7) is 2.02. The van der Waals surface area contributed by atoms with Gasteiger partial charge in [-0.1, -0.05) is 36.7 Å². The van der Waals surface area contributed by atoms with Crippen LogP contribution in [0.15, 0.2) is 53.1 Å². The summed E-state index contributed by atoms with van der Waals surface area (Å²) < 4.78 is 7.91. The Morgan fingerprint density at radius 1 is 1.05 bits per heavy atom. The van der Waals surface area contributed by atoms with E-state index in [-0.39, 0.29) is 20.1 Å². The number of nitrogens with zero attached hydrogens (tertiary/aromatic N) is 1. The van der Waals surface area contributed by atoms with E-state index in [9.17, 15) is 0 Å². The van der Waals surface area contributed by atoms with Gasteiger partial charge in [0.1, 0.15) is 5.58 Å². The van der Waals surface area contributed by atoms with Gasteiger partial charge in [0, 0.05) is 31.1 Å². The fraction of sp³-hybridized carbons (Fsp3) is 0.0588. The zero-order valence-electron chi connectivity index (χ0n) is 10.8. The maximum Gasteiger partial charge on any atom is 0.115 e. The van der Waals surface area contributed by atoms with Crippen molar-refractivity contribution >= 4 is 21.9 Å². The van der Waals surface area contributed by atoms with E-state index < -0.39 is 0 Å². The molecule has 3 heteroatoms. The molecule has 4 aromatic rings. The van der Waals surface area contributed by atoms with E-state index in [1.807, 2.05) is 54.1 Å². The van der Waals surface area contributed by atoms with Crippen molar-refractivity contribution in [2.45, 2.75) is 6.92 Å². The van der Waals surface area contributed by atoms with Crippen LogP contribution in [-0.4, -0.2) is 4.57 Å². The number of benzene rings is 2. The first kappa shape index (κ1) is 13.2. The van der Waals surface area contributed by atoms with Gasteiger partial charge in [-0.15, -0.1) is 17.4 Å². The second-order valence-electron chi connectivity index (χ2n) is 4.65. The van der Waals surface area contributed by atoms with Gasteiger partial charge in [0.15, 0.2) is 0 Å². The molecule has 0 unspecified atom stereocenters. The van der Waals surface area contributed by atoms with Crippen molar-refractivity contribution in [3.05, 3.63) is 66.5 Å². The molecule has 0 aliphatic rings. The van der Waals surface area contributed by atoms with Crippen LogP contribution in [0, 0.1) is 19.2 Å². The molecule has 0 fully saturated rings. The minimum Gasteiger partial charge on any atom is -0.523 e. The molecule has 4 rings (SSSR count). The Balaban J connectivity index is 0.00000121. The third-order valence-corrected chi connectivity index (χ3v) is 3.33. The maximum absolute atomic E-state index is 5.98. The Kier molecular flexibility index (Phi) is 3.25. The molecular weight excluding hydrogens is 426 g/mol. The smallest absolute Gasteiger partial charge is 0.115 e.